The van der Waals surface area contributed by atoms with Crippen LogP contribution in [0.2, 0.25) is 0 Å². The lowest BCUT2D eigenvalue weighted by atomic mass is 9.97. The summed E-state index contributed by atoms with van der Waals surface area (Å²) in [7, 11) is 0. The van der Waals surface area contributed by atoms with Crippen LogP contribution in [0.1, 0.15) is 37.0 Å². The van der Waals surface area contributed by atoms with Gasteiger partial charge in [0.1, 0.15) is 0 Å². The third-order valence-corrected chi connectivity index (χ3v) is 4.94. The Morgan fingerprint density at radius 3 is 2.72 bits per heavy atom. The van der Waals surface area contributed by atoms with Gasteiger partial charge < -0.3 is 11.1 Å². The first-order valence-electron chi connectivity index (χ1n) is 6.35. The highest BCUT2D eigenvalue weighted by molar-refractivity contribution is 9.10. The first-order chi connectivity index (χ1) is 8.50. The number of nitrogens with one attached hydrogen (secondary N) is 1. The Morgan fingerprint density at radius 2 is 2.11 bits per heavy atom. The molecule has 98 valence electrons. The number of anilines is 1. The topological polar surface area (TPSA) is 55.1 Å². The van der Waals surface area contributed by atoms with Crippen LogP contribution in [0.3, 0.4) is 0 Å². The number of nitrogen functional groups attached to an aromatic ring is 1. The second kappa shape index (κ2) is 5.31. The minimum Gasteiger partial charge on any atom is -0.398 e. The van der Waals surface area contributed by atoms with Gasteiger partial charge in [0.25, 0.3) is 5.91 Å². The largest absolute Gasteiger partial charge is 0.398 e. The molecule has 0 spiro atoms. The third-order valence-electron chi connectivity index (χ3n) is 4.05. The summed E-state index contributed by atoms with van der Waals surface area (Å²) in [5.74, 6) is 1.17. The molecular weight excluding hydrogens is 292 g/mol. The standard InChI is InChI=1S/C14H19BrN2O/c1-8-6-7-12(9(8)2)17-14(18)10-4-3-5-11(16)13(10)15/h3-5,8-9,12H,6-7,16H2,1-2H3,(H,17,18). The molecule has 0 aromatic heterocycles. The fraction of sp³-hybridized carbons (Fsp3) is 0.500. The summed E-state index contributed by atoms with van der Waals surface area (Å²) in [6.07, 6.45) is 2.25. The van der Waals surface area contributed by atoms with Gasteiger partial charge in [-0.3, -0.25) is 4.79 Å². The lowest BCUT2D eigenvalue weighted by Crippen LogP contribution is -2.37. The predicted molar refractivity (Wildman–Crippen MR) is 77.4 cm³/mol. The van der Waals surface area contributed by atoms with Gasteiger partial charge in [0.15, 0.2) is 0 Å². The Bertz CT molecular complexity index is 461. The van der Waals surface area contributed by atoms with Crippen molar-refractivity contribution < 1.29 is 4.79 Å². The monoisotopic (exact) mass is 310 g/mol. The highest BCUT2D eigenvalue weighted by Crippen LogP contribution is 2.31. The van der Waals surface area contributed by atoms with Crippen molar-refractivity contribution in [2.24, 2.45) is 11.8 Å². The van der Waals surface area contributed by atoms with E-state index in [0.717, 1.165) is 6.42 Å². The van der Waals surface area contributed by atoms with Crippen LogP contribution < -0.4 is 11.1 Å². The summed E-state index contributed by atoms with van der Waals surface area (Å²) in [6, 6.07) is 5.65. The lowest BCUT2D eigenvalue weighted by molar-refractivity contribution is 0.0926. The molecule has 1 amide bonds. The van der Waals surface area contributed by atoms with E-state index in [1.165, 1.54) is 6.42 Å². The normalized spacial score (nSPS) is 27.2. The number of carbonyl (C=O) groups is 1. The van der Waals surface area contributed by atoms with E-state index < -0.39 is 0 Å². The molecule has 1 aliphatic carbocycles. The molecule has 0 heterocycles. The molecule has 0 radical (unpaired) electrons. The second-order valence-electron chi connectivity index (χ2n) is 5.20. The van der Waals surface area contributed by atoms with Crippen LogP contribution in [0, 0.1) is 11.8 Å². The van der Waals surface area contributed by atoms with Crippen LogP contribution >= 0.6 is 15.9 Å². The number of hydrogen-bond acceptors (Lipinski definition) is 2. The highest BCUT2D eigenvalue weighted by Gasteiger charge is 2.31. The fourth-order valence-corrected chi connectivity index (χ4v) is 2.98. The van der Waals surface area contributed by atoms with Crippen molar-refractivity contribution in [3.8, 4) is 0 Å². The summed E-state index contributed by atoms with van der Waals surface area (Å²) in [5.41, 5.74) is 6.99. The Hall–Kier alpha value is -1.03. The third kappa shape index (κ3) is 2.53. The van der Waals surface area contributed by atoms with E-state index in [2.05, 4.69) is 35.1 Å². The van der Waals surface area contributed by atoms with Crippen molar-refractivity contribution >= 4 is 27.5 Å². The average Bonchev–Trinajstić information content (AvgIpc) is 2.64. The smallest absolute Gasteiger partial charge is 0.252 e. The summed E-state index contributed by atoms with van der Waals surface area (Å²) < 4.78 is 0.682. The summed E-state index contributed by atoms with van der Waals surface area (Å²) in [4.78, 5) is 12.2. The summed E-state index contributed by atoms with van der Waals surface area (Å²) in [5, 5.41) is 3.12. The number of benzene rings is 1. The van der Waals surface area contributed by atoms with Gasteiger partial charge in [0, 0.05) is 11.7 Å². The maximum atomic E-state index is 12.2. The van der Waals surface area contributed by atoms with Crippen molar-refractivity contribution in [1.82, 2.24) is 5.32 Å². The van der Waals surface area contributed by atoms with Crippen LogP contribution in [-0.4, -0.2) is 11.9 Å². The van der Waals surface area contributed by atoms with Gasteiger partial charge in [-0.2, -0.15) is 0 Å². The van der Waals surface area contributed by atoms with Crippen molar-refractivity contribution in [3.63, 3.8) is 0 Å². The SMILES string of the molecule is CC1CCC(NC(=O)c2cccc(N)c2Br)C1C. The molecule has 3 nitrogen and oxygen atoms in total. The molecule has 3 unspecified atom stereocenters. The molecule has 0 bridgehead atoms. The molecule has 1 saturated carbocycles. The predicted octanol–water partition coefficient (Wildman–Crippen LogP) is 3.20. The molecule has 0 aliphatic heterocycles. The van der Waals surface area contributed by atoms with E-state index in [-0.39, 0.29) is 11.9 Å². The zero-order chi connectivity index (χ0) is 13.3. The maximum Gasteiger partial charge on any atom is 0.252 e. The molecule has 0 saturated heterocycles. The first-order valence-corrected chi connectivity index (χ1v) is 7.15. The van der Waals surface area contributed by atoms with Gasteiger partial charge in [-0.25, -0.2) is 0 Å². The molecule has 4 heteroatoms. The molecule has 1 aliphatic rings. The molecule has 3 atom stereocenters. The fourth-order valence-electron chi connectivity index (χ4n) is 2.54. The Kier molecular flexibility index (Phi) is 3.95. The number of rotatable bonds is 2. The lowest BCUT2D eigenvalue weighted by Gasteiger charge is -2.20. The summed E-state index contributed by atoms with van der Waals surface area (Å²) in [6.45, 7) is 4.45. The number of nitrogens with two attached hydrogens (primary N) is 1. The van der Waals surface area contributed by atoms with Gasteiger partial charge in [0.05, 0.1) is 10.0 Å². The molecule has 18 heavy (non-hydrogen) atoms. The van der Waals surface area contributed by atoms with Crippen LogP contribution in [0.5, 0.6) is 0 Å². The van der Waals surface area contributed by atoms with Crippen LogP contribution in [-0.2, 0) is 0 Å². The van der Waals surface area contributed by atoms with E-state index in [0.29, 0.717) is 27.6 Å². The van der Waals surface area contributed by atoms with Crippen molar-refractivity contribution in [1.29, 1.82) is 0 Å². The number of amides is 1. The Balaban J connectivity index is 2.11. The molecule has 3 N–H and O–H groups in total. The van der Waals surface area contributed by atoms with E-state index in [1.54, 1.807) is 18.2 Å². The van der Waals surface area contributed by atoms with E-state index in [9.17, 15) is 4.79 Å². The Morgan fingerprint density at radius 1 is 1.39 bits per heavy atom. The van der Waals surface area contributed by atoms with Gasteiger partial charge in [-0.05, 0) is 52.7 Å². The zero-order valence-corrected chi connectivity index (χ0v) is 12.3. The molecule has 2 rings (SSSR count). The Labute approximate surface area is 116 Å². The van der Waals surface area contributed by atoms with Gasteiger partial charge in [0.2, 0.25) is 0 Å². The number of hydrogen-bond donors (Lipinski definition) is 2. The van der Waals surface area contributed by atoms with Gasteiger partial charge in [-0.1, -0.05) is 19.9 Å². The molecule has 1 aromatic carbocycles. The highest BCUT2D eigenvalue weighted by atomic mass is 79.9. The summed E-state index contributed by atoms with van der Waals surface area (Å²) >= 11 is 3.37. The minimum atomic E-state index is -0.0416. The van der Waals surface area contributed by atoms with Gasteiger partial charge in [-0.15, -0.1) is 0 Å². The number of halogens is 1. The molecule has 1 fully saturated rings. The zero-order valence-electron chi connectivity index (χ0n) is 10.7. The van der Waals surface area contributed by atoms with Crippen molar-refractivity contribution in [2.45, 2.75) is 32.7 Å². The van der Waals surface area contributed by atoms with Gasteiger partial charge >= 0.3 is 0 Å². The average molecular weight is 311 g/mol. The first kappa shape index (κ1) is 13.4. The number of carbonyl (C=O) groups excluding carboxylic acids is 1. The van der Waals surface area contributed by atoms with Crippen LogP contribution in [0.15, 0.2) is 22.7 Å². The van der Waals surface area contributed by atoms with Crippen LogP contribution in [0.4, 0.5) is 5.69 Å². The van der Waals surface area contributed by atoms with E-state index in [1.807, 2.05) is 0 Å². The van der Waals surface area contributed by atoms with Crippen LogP contribution in [0.25, 0.3) is 0 Å². The van der Waals surface area contributed by atoms with E-state index >= 15 is 0 Å². The molecule has 1 aromatic rings. The van der Waals surface area contributed by atoms with E-state index in [4.69, 9.17) is 5.73 Å². The van der Waals surface area contributed by atoms with Crippen molar-refractivity contribution in [3.05, 3.63) is 28.2 Å². The molecular formula is C14H19BrN2O. The van der Waals surface area contributed by atoms with Crippen molar-refractivity contribution in [2.75, 3.05) is 5.73 Å². The maximum absolute atomic E-state index is 12.2. The quantitative estimate of drug-likeness (QED) is 0.824. The minimum absolute atomic E-state index is 0.0416. The second-order valence-corrected chi connectivity index (χ2v) is 6.00.